The lowest BCUT2D eigenvalue weighted by Gasteiger charge is -2.17. The smallest absolute Gasteiger partial charge is 0.305 e. The summed E-state index contributed by atoms with van der Waals surface area (Å²) < 4.78 is 4.97. The summed E-state index contributed by atoms with van der Waals surface area (Å²) in [6.45, 7) is 0.961. The van der Waals surface area contributed by atoms with Crippen LogP contribution in [0.2, 0.25) is 0 Å². The summed E-state index contributed by atoms with van der Waals surface area (Å²) in [5.74, 6) is -0.854. The van der Waals surface area contributed by atoms with Crippen molar-refractivity contribution in [1.29, 1.82) is 0 Å². The monoisotopic (exact) mass is 145 g/mol. The molecule has 0 radical (unpaired) electrons. The van der Waals surface area contributed by atoms with Crippen molar-refractivity contribution in [1.82, 2.24) is 0 Å². The highest BCUT2D eigenvalue weighted by atomic mass is 16.5. The van der Waals surface area contributed by atoms with E-state index >= 15 is 0 Å². The van der Waals surface area contributed by atoms with Crippen molar-refractivity contribution >= 4 is 5.97 Å². The van der Waals surface area contributed by atoms with E-state index in [0.29, 0.717) is 19.6 Å². The van der Waals surface area contributed by atoms with Gasteiger partial charge in [-0.2, -0.15) is 0 Å². The number of rotatable bonds is 2. The third kappa shape index (κ3) is 1.68. The molecule has 1 fully saturated rings. The van der Waals surface area contributed by atoms with Gasteiger partial charge in [0.15, 0.2) is 0 Å². The molecule has 0 unspecified atom stereocenters. The Balaban J connectivity index is 2.43. The number of ether oxygens (including phenoxy) is 1. The van der Waals surface area contributed by atoms with Crippen LogP contribution in [0.1, 0.15) is 12.8 Å². The summed E-state index contributed by atoms with van der Waals surface area (Å²) in [5, 5.41) is 8.40. The van der Waals surface area contributed by atoms with E-state index < -0.39 is 11.5 Å². The zero-order chi connectivity index (χ0) is 7.61. The topological polar surface area (TPSA) is 72.6 Å². The van der Waals surface area contributed by atoms with Gasteiger partial charge in [0.1, 0.15) is 0 Å². The lowest BCUT2D eigenvalue weighted by molar-refractivity contribution is -0.138. The lowest BCUT2D eigenvalue weighted by Crippen LogP contribution is -2.42. The minimum Gasteiger partial charge on any atom is -0.481 e. The molecule has 0 saturated carbocycles. The van der Waals surface area contributed by atoms with Crippen LogP contribution in [-0.4, -0.2) is 29.8 Å². The van der Waals surface area contributed by atoms with Crippen molar-refractivity contribution in [2.24, 2.45) is 5.73 Å². The first-order valence-corrected chi connectivity index (χ1v) is 3.21. The lowest BCUT2D eigenvalue weighted by atomic mass is 9.96. The molecule has 58 valence electrons. The molecule has 4 heteroatoms. The second kappa shape index (κ2) is 2.56. The van der Waals surface area contributed by atoms with Crippen molar-refractivity contribution in [2.75, 3.05) is 13.2 Å². The molecule has 1 aliphatic rings. The van der Waals surface area contributed by atoms with Crippen molar-refractivity contribution < 1.29 is 14.6 Å². The van der Waals surface area contributed by atoms with E-state index in [1.807, 2.05) is 0 Å². The largest absolute Gasteiger partial charge is 0.481 e. The predicted octanol–water partition coefficient (Wildman–Crippen LogP) is -0.421. The molecule has 3 N–H and O–H groups in total. The molecule has 10 heavy (non-hydrogen) atoms. The number of carbonyl (C=O) groups is 1. The second-order valence-corrected chi connectivity index (χ2v) is 2.74. The zero-order valence-electron chi connectivity index (χ0n) is 5.67. The van der Waals surface area contributed by atoms with Gasteiger partial charge in [0.2, 0.25) is 0 Å². The first-order chi connectivity index (χ1) is 4.62. The maximum Gasteiger partial charge on any atom is 0.305 e. The Kier molecular flexibility index (Phi) is 1.92. The first-order valence-electron chi connectivity index (χ1n) is 3.21. The SMILES string of the molecule is N[C@@]1(CC(=O)O)CCOC1. The highest BCUT2D eigenvalue weighted by Crippen LogP contribution is 2.18. The highest BCUT2D eigenvalue weighted by Gasteiger charge is 2.32. The van der Waals surface area contributed by atoms with Gasteiger partial charge in [-0.15, -0.1) is 0 Å². The van der Waals surface area contributed by atoms with Crippen molar-refractivity contribution in [3.8, 4) is 0 Å². The van der Waals surface area contributed by atoms with Crippen LogP contribution in [-0.2, 0) is 9.53 Å². The molecule has 1 atom stereocenters. The van der Waals surface area contributed by atoms with Crippen molar-refractivity contribution in [3.05, 3.63) is 0 Å². The van der Waals surface area contributed by atoms with Crippen molar-refractivity contribution in [3.63, 3.8) is 0 Å². The maximum atomic E-state index is 10.2. The average Bonchev–Trinajstić information content (AvgIpc) is 2.12. The van der Waals surface area contributed by atoms with Gasteiger partial charge in [0, 0.05) is 6.61 Å². The van der Waals surface area contributed by atoms with E-state index in [0.717, 1.165) is 0 Å². The Morgan fingerprint density at radius 3 is 2.90 bits per heavy atom. The van der Waals surface area contributed by atoms with E-state index in [1.54, 1.807) is 0 Å². The van der Waals surface area contributed by atoms with E-state index in [2.05, 4.69) is 0 Å². The summed E-state index contributed by atoms with van der Waals surface area (Å²) in [7, 11) is 0. The van der Waals surface area contributed by atoms with Gasteiger partial charge < -0.3 is 15.6 Å². The molecule has 0 amide bonds. The number of carboxylic acids is 1. The van der Waals surface area contributed by atoms with Crippen LogP contribution < -0.4 is 5.73 Å². The van der Waals surface area contributed by atoms with Crippen LogP contribution in [0.3, 0.4) is 0 Å². The number of hydrogen-bond donors (Lipinski definition) is 2. The van der Waals surface area contributed by atoms with Gasteiger partial charge >= 0.3 is 5.97 Å². The summed E-state index contributed by atoms with van der Waals surface area (Å²) in [5.41, 5.74) is 5.05. The molecule has 1 saturated heterocycles. The van der Waals surface area contributed by atoms with Gasteiger partial charge in [-0.3, -0.25) is 4.79 Å². The van der Waals surface area contributed by atoms with E-state index in [1.165, 1.54) is 0 Å². The fourth-order valence-electron chi connectivity index (χ4n) is 1.06. The molecule has 0 aromatic carbocycles. The Bertz CT molecular complexity index is 140. The minimum absolute atomic E-state index is 0.00694. The summed E-state index contributed by atoms with van der Waals surface area (Å²) in [6.07, 6.45) is 0.659. The molecule has 1 heterocycles. The fraction of sp³-hybridized carbons (Fsp3) is 0.833. The molecular formula is C6H11NO3. The molecule has 1 aliphatic heterocycles. The van der Waals surface area contributed by atoms with Gasteiger partial charge in [0.25, 0.3) is 0 Å². The fourth-order valence-corrected chi connectivity index (χ4v) is 1.06. The maximum absolute atomic E-state index is 10.2. The second-order valence-electron chi connectivity index (χ2n) is 2.74. The zero-order valence-corrected chi connectivity index (χ0v) is 5.67. The number of hydrogen-bond acceptors (Lipinski definition) is 3. The molecule has 0 spiro atoms. The summed E-state index contributed by atoms with van der Waals surface area (Å²) in [4.78, 5) is 10.2. The number of aliphatic carboxylic acids is 1. The average molecular weight is 145 g/mol. The predicted molar refractivity (Wildman–Crippen MR) is 34.6 cm³/mol. The molecular weight excluding hydrogens is 134 g/mol. The Morgan fingerprint density at radius 2 is 2.50 bits per heavy atom. The van der Waals surface area contributed by atoms with Gasteiger partial charge in [-0.1, -0.05) is 0 Å². The van der Waals surface area contributed by atoms with Crippen molar-refractivity contribution in [2.45, 2.75) is 18.4 Å². The Morgan fingerprint density at radius 1 is 1.80 bits per heavy atom. The van der Waals surface area contributed by atoms with Crippen LogP contribution in [0, 0.1) is 0 Å². The number of nitrogens with two attached hydrogens (primary N) is 1. The van der Waals surface area contributed by atoms with Gasteiger partial charge in [-0.05, 0) is 6.42 Å². The van der Waals surface area contributed by atoms with E-state index in [4.69, 9.17) is 15.6 Å². The number of carboxylic acid groups (broad SMARTS) is 1. The first kappa shape index (κ1) is 7.50. The molecule has 0 aliphatic carbocycles. The minimum atomic E-state index is -0.854. The standard InChI is InChI=1S/C6H11NO3/c7-6(3-5(8)9)1-2-10-4-6/h1-4,7H2,(H,8,9)/t6-/m1/s1. The summed E-state index contributed by atoms with van der Waals surface area (Å²) >= 11 is 0. The normalized spacial score (nSPS) is 32.5. The molecule has 1 rings (SSSR count). The molecule has 4 nitrogen and oxygen atoms in total. The summed E-state index contributed by atoms with van der Waals surface area (Å²) in [6, 6.07) is 0. The van der Waals surface area contributed by atoms with Crippen LogP contribution in [0.25, 0.3) is 0 Å². The molecule has 0 bridgehead atoms. The van der Waals surface area contributed by atoms with Crippen LogP contribution in [0.15, 0.2) is 0 Å². The quantitative estimate of drug-likeness (QED) is 0.553. The Labute approximate surface area is 59.0 Å². The Hall–Kier alpha value is -0.610. The van der Waals surface area contributed by atoms with Gasteiger partial charge in [0.05, 0.1) is 18.6 Å². The van der Waals surface area contributed by atoms with E-state index in [9.17, 15) is 4.79 Å². The van der Waals surface area contributed by atoms with Crippen LogP contribution in [0.4, 0.5) is 0 Å². The molecule has 0 aromatic heterocycles. The highest BCUT2D eigenvalue weighted by molar-refractivity contribution is 5.68. The molecule has 0 aromatic rings. The van der Waals surface area contributed by atoms with Gasteiger partial charge in [-0.25, -0.2) is 0 Å². The third-order valence-corrected chi connectivity index (χ3v) is 1.64. The third-order valence-electron chi connectivity index (χ3n) is 1.64. The van der Waals surface area contributed by atoms with Crippen LogP contribution >= 0.6 is 0 Å². The van der Waals surface area contributed by atoms with E-state index in [-0.39, 0.29) is 6.42 Å². The van der Waals surface area contributed by atoms with Crippen LogP contribution in [0.5, 0.6) is 0 Å².